The Hall–Kier alpha value is -1.46. The molecule has 1 aromatic rings. The lowest BCUT2D eigenvalue weighted by Gasteiger charge is -2.26. The summed E-state index contributed by atoms with van der Waals surface area (Å²) in [6.45, 7) is 6.71. The fourth-order valence-corrected chi connectivity index (χ4v) is 3.83. The predicted octanol–water partition coefficient (Wildman–Crippen LogP) is 3.14. The van der Waals surface area contributed by atoms with Gasteiger partial charge < -0.3 is 4.74 Å². The largest absolute Gasteiger partial charge is 0.381 e. The van der Waals surface area contributed by atoms with Gasteiger partial charge in [0.2, 0.25) is 0 Å². The van der Waals surface area contributed by atoms with Gasteiger partial charge in [-0.05, 0) is 49.0 Å². The third-order valence-corrected chi connectivity index (χ3v) is 6.23. The first-order valence-corrected chi connectivity index (χ1v) is 9.70. The second-order valence-electron chi connectivity index (χ2n) is 5.92. The maximum absolute atomic E-state index is 12.3. The van der Waals surface area contributed by atoms with Crippen molar-refractivity contribution >= 4 is 15.6 Å². The number of ketones is 1. The monoisotopic (exact) mass is 336 g/mol. The maximum atomic E-state index is 12.3. The number of carbonyl (C=O) groups is 1. The molecule has 0 saturated carbocycles. The molecule has 1 atom stereocenters. The van der Waals surface area contributed by atoms with Crippen molar-refractivity contribution in [2.75, 3.05) is 19.0 Å². The normalized spacial score (nSPS) is 17.6. The van der Waals surface area contributed by atoms with Crippen LogP contribution in [0.1, 0.15) is 37.7 Å². The summed E-state index contributed by atoms with van der Waals surface area (Å²) in [6.07, 6.45) is 4.04. The molecule has 2 rings (SSSR count). The van der Waals surface area contributed by atoms with Crippen molar-refractivity contribution in [1.82, 2.24) is 0 Å². The summed E-state index contributed by atoms with van der Waals surface area (Å²) in [5, 5.41) is 0. The molecule has 0 aromatic heterocycles. The fraction of sp³-hybridized carbons (Fsp3) is 0.500. The standard InChI is InChI=1S/C18H24O4S/c1-3-18(19)17(13-14-9-11-22-12-10-14)15-5-7-16(8-6-15)23(20,21)4-2/h3,5-8,14,17H,1,4,9-13H2,2H3. The van der Waals surface area contributed by atoms with E-state index in [-0.39, 0.29) is 17.5 Å². The van der Waals surface area contributed by atoms with E-state index >= 15 is 0 Å². The molecule has 1 heterocycles. The Balaban J connectivity index is 2.21. The highest BCUT2D eigenvalue weighted by atomic mass is 32.2. The van der Waals surface area contributed by atoms with E-state index in [2.05, 4.69) is 6.58 Å². The van der Waals surface area contributed by atoms with E-state index in [4.69, 9.17) is 4.74 Å². The number of ether oxygens (including phenoxy) is 1. The van der Waals surface area contributed by atoms with Crippen molar-refractivity contribution in [2.24, 2.45) is 5.92 Å². The number of allylic oxidation sites excluding steroid dienone is 1. The van der Waals surface area contributed by atoms with Gasteiger partial charge in [0, 0.05) is 19.1 Å². The van der Waals surface area contributed by atoms with Gasteiger partial charge in [0.1, 0.15) is 0 Å². The average molecular weight is 336 g/mol. The minimum absolute atomic E-state index is 0.0115. The lowest BCUT2D eigenvalue weighted by molar-refractivity contribution is -0.116. The molecule has 0 bridgehead atoms. The van der Waals surface area contributed by atoms with Gasteiger partial charge in [-0.15, -0.1) is 0 Å². The fourth-order valence-electron chi connectivity index (χ4n) is 2.95. The molecule has 0 amide bonds. The summed E-state index contributed by atoms with van der Waals surface area (Å²) in [5.41, 5.74) is 0.858. The van der Waals surface area contributed by atoms with Crippen LogP contribution in [0.15, 0.2) is 41.8 Å². The molecule has 1 unspecified atom stereocenters. The smallest absolute Gasteiger partial charge is 0.178 e. The average Bonchev–Trinajstić information content (AvgIpc) is 2.60. The van der Waals surface area contributed by atoms with Gasteiger partial charge in [0.25, 0.3) is 0 Å². The van der Waals surface area contributed by atoms with Crippen molar-refractivity contribution in [1.29, 1.82) is 0 Å². The van der Waals surface area contributed by atoms with Crippen molar-refractivity contribution in [3.63, 3.8) is 0 Å². The van der Waals surface area contributed by atoms with Gasteiger partial charge in [0.15, 0.2) is 15.6 Å². The maximum Gasteiger partial charge on any atom is 0.178 e. The summed E-state index contributed by atoms with van der Waals surface area (Å²) in [6, 6.07) is 6.71. The van der Waals surface area contributed by atoms with E-state index in [1.165, 1.54) is 6.08 Å². The molecular weight excluding hydrogens is 312 g/mol. The molecule has 5 heteroatoms. The van der Waals surface area contributed by atoms with Crippen LogP contribution in [0.2, 0.25) is 0 Å². The highest BCUT2D eigenvalue weighted by molar-refractivity contribution is 7.91. The SMILES string of the molecule is C=CC(=O)C(CC1CCOCC1)c1ccc(S(=O)(=O)CC)cc1. The number of hydrogen-bond acceptors (Lipinski definition) is 4. The van der Waals surface area contributed by atoms with Crippen LogP contribution in [-0.4, -0.2) is 33.2 Å². The van der Waals surface area contributed by atoms with E-state index in [1.807, 2.05) is 0 Å². The Morgan fingerprint density at radius 1 is 1.30 bits per heavy atom. The van der Waals surface area contributed by atoms with E-state index in [9.17, 15) is 13.2 Å². The number of hydrogen-bond donors (Lipinski definition) is 0. The molecule has 0 N–H and O–H groups in total. The summed E-state index contributed by atoms with van der Waals surface area (Å²) in [7, 11) is -3.22. The minimum Gasteiger partial charge on any atom is -0.381 e. The summed E-state index contributed by atoms with van der Waals surface area (Å²) < 4.78 is 29.2. The Kier molecular flexibility index (Phi) is 6.13. The third kappa shape index (κ3) is 4.52. The zero-order valence-corrected chi connectivity index (χ0v) is 14.3. The number of benzene rings is 1. The first kappa shape index (κ1) is 17.9. The third-order valence-electron chi connectivity index (χ3n) is 4.48. The molecule has 126 valence electrons. The lowest BCUT2D eigenvalue weighted by Crippen LogP contribution is -2.21. The highest BCUT2D eigenvalue weighted by Crippen LogP contribution is 2.31. The van der Waals surface area contributed by atoms with Crippen LogP contribution in [0.25, 0.3) is 0 Å². The molecule has 1 aliphatic rings. The Labute approximate surface area is 138 Å². The van der Waals surface area contributed by atoms with Gasteiger partial charge in [0.05, 0.1) is 10.6 Å². The van der Waals surface area contributed by atoms with Crippen molar-refractivity contribution in [3.8, 4) is 0 Å². The lowest BCUT2D eigenvalue weighted by atomic mass is 9.83. The Morgan fingerprint density at radius 2 is 1.91 bits per heavy atom. The molecule has 0 radical (unpaired) electrons. The van der Waals surface area contributed by atoms with Crippen LogP contribution >= 0.6 is 0 Å². The first-order valence-electron chi connectivity index (χ1n) is 8.04. The van der Waals surface area contributed by atoms with E-state index in [0.717, 1.165) is 38.0 Å². The summed E-state index contributed by atoms with van der Waals surface area (Å²) in [4.78, 5) is 12.6. The van der Waals surface area contributed by atoms with Gasteiger partial charge in [-0.1, -0.05) is 25.6 Å². The van der Waals surface area contributed by atoms with Crippen molar-refractivity contribution in [3.05, 3.63) is 42.5 Å². The van der Waals surface area contributed by atoms with Gasteiger partial charge in [-0.25, -0.2) is 8.42 Å². The molecule has 0 aliphatic carbocycles. The molecule has 1 saturated heterocycles. The van der Waals surface area contributed by atoms with Crippen molar-refractivity contribution < 1.29 is 17.9 Å². The van der Waals surface area contributed by atoms with Gasteiger partial charge in [-0.3, -0.25) is 4.79 Å². The van der Waals surface area contributed by atoms with E-state index < -0.39 is 9.84 Å². The molecular formula is C18H24O4S. The molecule has 1 aromatic carbocycles. The first-order chi connectivity index (χ1) is 11.0. The topological polar surface area (TPSA) is 60.4 Å². The number of rotatable bonds is 7. The van der Waals surface area contributed by atoms with Gasteiger partial charge in [-0.2, -0.15) is 0 Å². The zero-order valence-electron chi connectivity index (χ0n) is 13.5. The van der Waals surface area contributed by atoms with Crippen LogP contribution in [-0.2, 0) is 19.4 Å². The summed E-state index contributed by atoms with van der Waals surface area (Å²) >= 11 is 0. The number of carbonyl (C=O) groups excluding carboxylic acids is 1. The van der Waals surface area contributed by atoms with E-state index in [0.29, 0.717) is 10.8 Å². The molecule has 1 fully saturated rings. The van der Waals surface area contributed by atoms with Crippen molar-refractivity contribution in [2.45, 2.75) is 37.0 Å². The molecule has 4 nitrogen and oxygen atoms in total. The van der Waals surface area contributed by atoms with Crippen LogP contribution in [0.4, 0.5) is 0 Å². The highest BCUT2D eigenvalue weighted by Gasteiger charge is 2.25. The quantitative estimate of drug-likeness (QED) is 0.718. The van der Waals surface area contributed by atoms with Crippen LogP contribution in [0.3, 0.4) is 0 Å². The van der Waals surface area contributed by atoms with Crippen LogP contribution < -0.4 is 0 Å². The second kappa shape index (κ2) is 7.88. The molecule has 0 spiro atoms. The van der Waals surface area contributed by atoms with Gasteiger partial charge >= 0.3 is 0 Å². The Morgan fingerprint density at radius 3 is 2.43 bits per heavy atom. The second-order valence-corrected chi connectivity index (χ2v) is 8.20. The number of sulfone groups is 1. The van der Waals surface area contributed by atoms with Crippen LogP contribution in [0, 0.1) is 5.92 Å². The molecule has 1 aliphatic heterocycles. The summed E-state index contributed by atoms with van der Waals surface area (Å²) in [5.74, 6) is 0.261. The minimum atomic E-state index is -3.22. The predicted molar refractivity (Wildman–Crippen MR) is 90.3 cm³/mol. The van der Waals surface area contributed by atoms with Crippen LogP contribution in [0.5, 0.6) is 0 Å². The zero-order chi connectivity index (χ0) is 16.9. The molecule has 23 heavy (non-hydrogen) atoms. The van der Waals surface area contributed by atoms with E-state index in [1.54, 1.807) is 31.2 Å². The Bertz CT molecular complexity index is 640.